The van der Waals surface area contributed by atoms with E-state index < -0.39 is 0 Å². The van der Waals surface area contributed by atoms with Crippen LogP contribution in [0.1, 0.15) is 38.2 Å². The average Bonchev–Trinajstić information content (AvgIpc) is 2.69. The van der Waals surface area contributed by atoms with Crippen molar-refractivity contribution >= 4 is 17.7 Å². The molecule has 1 N–H and O–H groups in total. The first-order valence-electron chi connectivity index (χ1n) is 10.5. The van der Waals surface area contributed by atoms with Gasteiger partial charge in [-0.15, -0.1) is 0 Å². The highest BCUT2D eigenvalue weighted by atomic mass is 19.1. The molecular formula is C22H28FN3O3. The first-order chi connectivity index (χ1) is 13.9. The molecule has 3 aliphatic rings. The molecule has 3 aliphatic heterocycles. The van der Waals surface area contributed by atoms with Crippen LogP contribution in [0.5, 0.6) is 0 Å². The van der Waals surface area contributed by atoms with Crippen molar-refractivity contribution in [3.05, 3.63) is 35.6 Å². The molecule has 4 atom stereocenters. The molecule has 4 rings (SSSR count). The molecule has 6 nitrogen and oxygen atoms in total. The van der Waals surface area contributed by atoms with Crippen molar-refractivity contribution in [2.24, 2.45) is 11.8 Å². The molecule has 7 heteroatoms. The van der Waals surface area contributed by atoms with Crippen LogP contribution in [0.15, 0.2) is 24.3 Å². The van der Waals surface area contributed by atoms with Gasteiger partial charge in [-0.05, 0) is 42.7 Å². The van der Waals surface area contributed by atoms with Gasteiger partial charge in [0.15, 0.2) is 0 Å². The Morgan fingerprint density at radius 1 is 1.21 bits per heavy atom. The summed E-state index contributed by atoms with van der Waals surface area (Å²) in [6, 6.07) is 6.43. The summed E-state index contributed by atoms with van der Waals surface area (Å²) in [6.07, 6.45) is 3.38. The Balaban J connectivity index is 1.53. The molecule has 1 aromatic rings. The lowest BCUT2D eigenvalue weighted by molar-refractivity contribution is -0.156. The third kappa shape index (κ3) is 4.00. The topological polar surface area (TPSA) is 69.7 Å². The second-order valence-corrected chi connectivity index (χ2v) is 8.59. The lowest BCUT2D eigenvalue weighted by Crippen LogP contribution is -2.67. The summed E-state index contributed by atoms with van der Waals surface area (Å²) in [6.45, 7) is 3.06. The molecule has 0 saturated carbocycles. The van der Waals surface area contributed by atoms with Gasteiger partial charge in [-0.2, -0.15) is 0 Å². The Morgan fingerprint density at radius 3 is 2.72 bits per heavy atom. The number of hydrogen-bond donors (Lipinski definition) is 1. The van der Waals surface area contributed by atoms with Gasteiger partial charge in [0.25, 0.3) is 0 Å². The predicted octanol–water partition coefficient (Wildman–Crippen LogP) is 1.73. The summed E-state index contributed by atoms with van der Waals surface area (Å²) >= 11 is 0. The van der Waals surface area contributed by atoms with E-state index in [1.807, 2.05) is 9.80 Å². The number of carbonyl (C=O) groups excluding carboxylic acids is 3. The van der Waals surface area contributed by atoms with E-state index >= 15 is 0 Å². The maximum absolute atomic E-state index is 14.0. The van der Waals surface area contributed by atoms with Crippen molar-refractivity contribution in [2.45, 2.75) is 51.1 Å². The van der Waals surface area contributed by atoms with E-state index in [9.17, 15) is 18.8 Å². The first kappa shape index (κ1) is 19.9. The number of likely N-dealkylation sites (tertiary alicyclic amines) is 1. The number of carbonyl (C=O) groups is 3. The second-order valence-electron chi connectivity index (χ2n) is 8.59. The molecular weight excluding hydrogens is 373 g/mol. The van der Waals surface area contributed by atoms with Gasteiger partial charge in [-0.3, -0.25) is 14.4 Å². The number of nitrogens with zero attached hydrogens (tertiary/aromatic N) is 2. The lowest BCUT2D eigenvalue weighted by Gasteiger charge is -2.56. The van der Waals surface area contributed by atoms with Crippen molar-refractivity contribution in [3.63, 3.8) is 0 Å². The molecule has 3 heterocycles. The number of rotatable bonds is 4. The first-order valence-corrected chi connectivity index (χ1v) is 10.5. The molecule has 3 saturated heterocycles. The van der Waals surface area contributed by atoms with E-state index in [1.165, 1.54) is 13.0 Å². The van der Waals surface area contributed by atoms with E-state index in [0.717, 1.165) is 19.3 Å². The van der Waals surface area contributed by atoms with Crippen molar-refractivity contribution in [2.75, 3.05) is 19.6 Å². The molecule has 0 aliphatic carbocycles. The highest BCUT2D eigenvalue weighted by Gasteiger charge is 2.49. The van der Waals surface area contributed by atoms with E-state index in [-0.39, 0.29) is 53.9 Å². The molecule has 1 aromatic carbocycles. The minimum atomic E-state index is -0.356. The van der Waals surface area contributed by atoms with Gasteiger partial charge in [0.2, 0.25) is 17.7 Å². The highest BCUT2D eigenvalue weighted by molar-refractivity contribution is 5.80. The second kappa shape index (κ2) is 8.13. The van der Waals surface area contributed by atoms with Gasteiger partial charge in [-0.25, -0.2) is 4.39 Å². The van der Waals surface area contributed by atoms with Crippen molar-refractivity contribution in [1.82, 2.24) is 15.1 Å². The van der Waals surface area contributed by atoms with Crippen LogP contribution < -0.4 is 5.32 Å². The molecule has 0 radical (unpaired) electrons. The van der Waals surface area contributed by atoms with Crippen molar-refractivity contribution < 1.29 is 18.8 Å². The number of fused-ring (bicyclic) bond motifs is 4. The largest absolute Gasteiger partial charge is 0.354 e. The summed E-state index contributed by atoms with van der Waals surface area (Å²) < 4.78 is 14.0. The summed E-state index contributed by atoms with van der Waals surface area (Å²) in [5, 5.41) is 2.88. The fourth-order valence-electron chi connectivity index (χ4n) is 5.41. The fraction of sp³-hybridized carbons (Fsp3) is 0.591. The SMILES string of the molecule is CC(=O)NC[C@H]1[C@H]2C[C@H](CN(C(=O)Cc3ccccc3F)C2)[C@@H]2CCCC(=O)N21. The van der Waals surface area contributed by atoms with Crippen LogP contribution in [-0.2, 0) is 20.8 Å². The van der Waals surface area contributed by atoms with Gasteiger partial charge in [0.1, 0.15) is 5.82 Å². The standard InChI is InChI=1S/C22H28FN3O3/c1-14(27)24-11-20-17-9-16(19-7-4-8-21(28)26(19)20)12-25(13-17)22(29)10-15-5-2-3-6-18(15)23/h2-3,5-6,16-17,19-20H,4,7-13H2,1H3,(H,24,27)/t16-,17+,19+,20+/m1/s1. The molecule has 3 amide bonds. The van der Waals surface area contributed by atoms with Crippen LogP contribution in [-0.4, -0.2) is 59.2 Å². The Hall–Kier alpha value is -2.44. The Morgan fingerprint density at radius 2 is 1.97 bits per heavy atom. The smallest absolute Gasteiger partial charge is 0.227 e. The molecule has 0 spiro atoms. The summed E-state index contributed by atoms with van der Waals surface area (Å²) in [5.74, 6) is -0.00205. The van der Waals surface area contributed by atoms with Crippen LogP contribution in [0.2, 0.25) is 0 Å². The van der Waals surface area contributed by atoms with Gasteiger partial charge in [-0.1, -0.05) is 18.2 Å². The Bertz CT molecular complexity index is 814. The summed E-state index contributed by atoms with van der Waals surface area (Å²) in [5.41, 5.74) is 0.414. The number of halogens is 1. The van der Waals surface area contributed by atoms with Gasteiger partial charge >= 0.3 is 0 Å². The predicted molar refractivity (Wildman–Crippen MR) is 105 cm³/mol. The van der Waals surface area contributed by atoms with Crippen LogP contribution >= 0.6 is 0 Å². The zero-order valence-corrected chi connectivity index (χ0v) is 16.8. The molecule has 156 valence electrons. The average molecular weight is 401 g/mol. The van der Waals surface area contributed by atoms with Crippen LogP contribution in [0.3, 0.4) is 0 Å². The highest BCUT2D eigenvalue weighted by Crippen LogP contribution is 2.41. The lowest BCUT2D eigenvalue weighted by atomic mass is 9.72. The third-order valence-corrected chi connectivity index (χ3v) is 6.71. The van der Waals surface area contributed by atoms with Gasteiger partial charge in [0.05, 0.1) is 12.5 Å². The minimum Gasteiger partial charge on any atom is -0.354 e. The van der Waals surface area contributed by atoms with Crippen LogP contribution in [0, 0.1) is 17.7 Å². The normalized spacial score (nSPS) is 28.7. The molecule has 0 unspecified atom stereocenters. The number of benzene rings is 1. The van der Waals surface area contributed by atoms with E-state index in [4.69, 9.17) is 0 Å². The maximum atomic E-state index is 14.0. The van der Waals surface area contributed by atoms with E-state index in [1.54, 1.807) is 18.2 Å². The zero-order valence-electron chi connectivity index (χ0n) is 16.8. The number of amides is 3. The number of piperidine rings is 3. The molecule has 3 fully saturated rings. The molecule has 0 aromatic heterocycles. The van der Waals surface area contributed by atoms with E-state index in [0.29, 0.717) is 31.6 Å². The minimum absolute atomic E-state index is 0.0514. The van der Waals surface area contributed by atoms with Gasteiger partial charge < -0.3 is 15.1 Å². The third-order valence-electron chi connectivity index (χ3n) is 6.71. The quantitative estimate of drug-likeness (QED) is 0.836. The molecule has 29 heavy (non-hydrogen) atoms. The fourth-order valence-corrected chi connectivity index (χ4v) is 5.41. The van der Waals surface area contributed by atoms with Gasteiger partial charge in [0, 0.05) is 39.0 Å². The zero-order chi connectivity index (χ0) is 20.5. The number of hydrogen-bond acceptors (Lipinski definition) is 3. The van der Waals surface area contributed by atoms with Crippen LogP contribution in [0.25, 0.3) is 0 Å². The summed E-state index contributed by atoms with van der Waals surface area (Å²) in [4.78, 5) is 41.0. The maximum Gasteiger partial charge on any atom is 0.227 e. The molecule has 2 bridgehead atoms. The Labute approximate surface area is 170 Å². The monoisotopic (exact) mass is 401 g/mol. The van der Waals surface area contributed by atoms with Crippen LogP contribution in [0.4, 0.5) is 4.39 Å². The van der Waals surface area contributed by atoms with E-state index in [2.05, 4.69) is 5.32 Å². The number of nitrogens with one attached hydrogen (secondary N) is 1. The van der Waals surface area contributed by atoms with Crippen molar-refractivity contribution in [1.29, 1.82) is 0 Å². The van der Waals surface area contributed by atoms with Crippen molar-refractivity contribution in [3.8, 4) is 0 Å². The Kier molecular flexibility index (Phi) is 5.56. The summed E-state index contributed by atoms with van der Waals surface area (Å²) in [7, 11) is 0.